The Kier molecular flexibility index (Phi) is 4.23. The molecule has 0 spiro atoms. The Bertz CT molecular complexity index is 475. The van der Waals surface area contributed by atoms with Crippen molar-refractivity contribution in [1.29, 1.82) is 0 Å². The number of aliphatic hydroxyl groups excluding tert-OH is 1. The molecule has 0 amide bonds. The lowest BCUT2D eigenvalue weighted by Gasteiger charge is -2.45. The Labute approximate surface area is 118 Å². The maximum Gasteiger partial charge on any atom is 0.356 e. The lowest BCUT2D eigenvalue weighted by atomic mass is 9.72. The van der Waals surface area contributed by atoms with Gasteiger partial charge in [0.05, 0.1) is 19.0 Å². The highest BCUT2D eigenvalue weighted by molar-refractivity contribution is 5.84. The van der Waals surface area contributed by atoms with Crippen LogP contribution in [-0.2, 0) is 0 Å². The maximum absolute atomic E-state index is 10.8. The molecule has 1 aromatic rings. The molecule has 6 nitrogen and oxygen atoms in total. The maximum atomic E-state index is 10.8. The van der Waals surface area contributed by atoms with Crippen LogP contribution in [0.2, 0.25) is 0 Å². The zero-order chi connectivity index (χ0) is 14.8. The summed E-state index contributed by atoms with van der Waals surface area (Å²) in [6.07, 6.45) is 4.76. The van der Waals surface area contributed by atoms with E-state index in [0.29, 0.717) is 11.7 Å². The number of carbonyl (C=O) groups is 1. The first-order valence-electron chi connectivity index (χ1n) is 6.90. The lowest BCUT2D eigenvalue weighted by Crippen LogP contribution is -2.48. The highest BCUT2D eigenvalue weighted by Gasteiger charge is 2.38. The van der Waals surface area contributed by atoms with Crippen LogP contribution in [0.1, 0.15) is 37.2 Å². The molecule has 2 rings (SSSR count). The van der Waals surface area contributed by atoms with Crippen molar-refractivity contribution in [3.05, 3.63) is 18.1 Å². The molecule has 0 aromatic carbocycles. The number of piperidine rings is 1. The minimum absolute atomic E-state index is 0.0527. The lowest BCUT2D eigenvalue weighted by molar-refractivity contribution is 0.0598. The Balaban J connectivity index is 2.18. The molecular formula is C14H21N3O3. The van der Waals surface area contributed by atoms with E-state index < -0.39 is 5.97 Å². The van der Waals surface area contributed by atoms with Gasteiger partial charge >= 0.3 is 5.97 Å². The topological polar surface area (TPSA) is 86.5 Å². The zero-order valence-corrected chi connectivity index (χ0v) is 11.9. The molecule has 1 aliphatic rings. The Morgan fingerprint density at radius 3 is 2.70 bits per heavy atom. The van der Waals surface area contributed by atoms with Crippen LogP contribution in [0.3, 0.4) is 0 Å². The molecule has 2 N–H and O–H groups in total. The summed E-state index contributed by atoms with van der Waals surface area (Å²) in [7, 11) is 0. The fourth-order valence-corrected chi connectivity index (χ4v) is 2.73. The van der Waals surface area contributed by atoms with Crippen LogP contribution in [0.4, 0.5) is 5.82 Å². The van der Waals surface area contributed by atoms with E-state index >= 15 is 0 Å². The number of aliphatic hydroxyl groups is 1. The first-order chi connectivity index (χ1) is 9.48. The van der Waals surface area contributed by atoms with Crippen molar-refractivity contribution in [1.82, 2.24) is 9.97 Å². The van der Waals surface area contributed by atoms with Gasteiger partial charge in [0.15, 0.2) is 5.69 Å². The minimum atomic E-state index is -1.07. The summed E-state index contributed by atoms with van der Waals surface area (Å²) in [6, 6.07) is 0. The van der Waals surface area contributed by atoms with Gasteiger partial charge in [-0.05, 0) is 18.8 Å². The number of aromatic carboxylic acids is 1. The van der Waals surface area contributed by atoms with E-state index in [2.05, 4.69) is 28.7 Å². The fourth-order valence-electron chi connectivity index (χ4n) is 2.73. The molecule has 1 fully saturated rings. The molecule has 1 saturated heterocycles. The molecule has 0 aliphatic carbocycles. The third-order valence-electron chi connectivity index (χ3n) is 4.33. The van der Waals surface area contributed by atoms with E-state index in [0.717, 1.165) is 25.9 Å². The molecule has 20 heavy (non-hydrogen) atoms. The van der Waals surface area contributed by atoms with Crippen LogP contribution < -0.4 is 4.90 Å². The van der Waals surface area contributed by atoms with E-state index in [1.807, 2.05) is 0 Å². The zero-order valence-electron chi connectivity index (χ0n) is 11.9. The average molecular weight is 279 g/mol. The third-order valence-corrected chi connectivity index (χ3v) is 4.33. The van der Waals surface area contributed by atoms with Gasteiger partial charge in [-0.2, -0.15) is 0 Å². The Hall–Kier alpha value is -1.69. The molecule has 1 atom stereocenters. The molecule has 0 saturated carbocycles. The number of carboxylic acids is 1. The van der Waals surface area contributed by atoms with Gasteiger partial charge in [0, 0.05) is 18.5 Å². The summed E-state index contributed by atoms with van der Waals surface area (Å²) < 4.78 is 0. The smallest absolute Gasteiger partial charge is 0.356 e. The molecule has 1 unspecified atom stereocenters. The normalized spacial score (nSPS) is 23.1. The van der Waals surface area contributed by atoms with E-state index in [4.69, 9.17) is 5.11 Å². The van der Waals surface area contributed by atoms with Gasteiger partial charge in [-0.15, -0.1) is 0 Å². The first kappa shape index (κ1) is 14.7. The largest absolute Gasteiger partial charge is 0.476 e. The minimum Gasteiger partial charge on any atom is -0.476 e. The number of hydrogen-bond acceptors (Lipinski definition) is 5. The highest BCUT2D eigenvalue weighted by atomic mass is 16.4. The van der Waals surface area contributed by atoms with Crippen LogP contribution in [0.25, 0.3) is 0 Å². The Morgan fingerprint density at radius 2 is 2.20 bits per heavy atom. The van der Waals surface area contributed by atoms with E-state index in [-0.39, 0.29) is 17.7 Å². The van der Waals surface area contributed by atoms with Gasteiger partial charge in [-0.1, -0.05) is 13.8 Å². The number of rotatable bonds is 4. The SMILES string of the molecule is CC(C)C1(CO)CCCN(c2cnc(C(=O)O)cn2)C1. The van der Waals surface area contributed by atoms with Crippen molar-refractivity contribution in [2.45, 2.75) is 26.7 Å². The molecule has 1 aromatic heterocycles. The summed E-state index contributed by atoms with van der Waals surface area (Å²) in [4.78, 5) is 20.9. The number of nitrogens with zero attached hydrogens (tertiary/aromatic N) is 3. The second-order valence-corrected chi connectivity index (χ2v) is 5.77. The van der Waals surface area contributed by atoms with Gasteiger partial charge < -0.3 is 15.1 Å². The van der Waals surface area contributed by atoms with Crippen LogP contribution in [0, 0.1) is 11.3 Å². The summed E-state index contributed by atoms with van der Waals surface area (Å²) in [5.41, 5.74) is -0.172. The average Bonchev–Trinajstić information content (AvgIpc) is 2.47. The molecule has 1 aliphatic heterocycles. The molecule has 2 heterocycles. The molecular weight excluding hydrogens is 258 g/mol. The van der Waals surface area contributed by atoms with E-state index in [1.165, 1.54) is 12.4 Å². The van der Waals surface area contributed by atoms with Crippen LogP contribution in [-0.4, -0.2) is 45.8 Å². The second kappa shape index (κ2) is 5.75. The quantitative estimate of drug-likeness (QED) is 0.866. The molecule has 0 radical (unpaired) electrons. The van der Waals surface area contributed by atoms with Crippen LogP contribution in [0.5, 0.6) is 0 Å². The highest BCUT2D eigenvalue weighted by Crippen LogP contribution is 2.37. The predicted molar refractivity (Wildman–Crippen MR) is 74.8 cm³/mol. The summed E-state index contributed by atoms with van der Waals surface area (Å²) in [5.74, 6) is -0.0238. The van der Waals surface area contributed by atoms with Gasteiger partial charge in [0.1, 0.15) is 5.82 Å². The number of carboxylic acid groups (broad SMARTS) is 1. The number of anilines is 1. The Morgan fingerprint density at radius 1 is 1.45 bits per heavy atom. The van der Waals surface area contributed by atoms with Crippen molar-refractivity contribution in [3.8, 4) is 0 Å². The van der Waals surface area contributed by atoms with Crippen LogP contribution >= 0.6 is 0 Å². The molecule has 110 valence electrons. The predicted octanol–water partition coefficient (Wildman–Crippen LogP) is 1.41. The monoisotopic (exact) mass is 279 g/mol. The summed E-state index contributed by atoms with van der Waals surface area (Å²) >= 11 is 0. The van der Waals surface area contributed by atoms with Gasteiger partial charge in [0.2, 0.25) is 0 Å². The van der Waals surface area contributed by atoms with Gasteiger partial charge in [-0.25, -0.2) is 14.8 Å². The summed E-state index contributed by atoms with van der Waals surface area (Å²) in [5, 5.41) is 18.6. The van der Waals surface area contributed by atoms with E-state index in [1.54, 1.807) is 0 Å². The third kappa shape index (κ3) is 2.75. The van der Waals surface area contributed by atoms with Gasteiger partial charge in [-0.3, -0.25) is 0 Å². The standard InChI is InChI=1S/C14H21N3O3/c1-10(2)14(9-18)4-3-5-17(8-14)12-7-15-11(6-16-12)13(19)20/h6-7,10,18H,3-5,8-9H2,1-2H3,(H,19,20). The number of hydrogen-bond donors (Lipinski definition) is 2. The fraction of sp³-hybridized carbons (Fsp3) is 0.643. The first-order valence-corrected chi connectivity index (χ1v) is 6.90. The summed E-state index contributed by atoms with van der Waals surface area (Å²) in [6.45, 7) is 5.98. The van der Waals surface area contributed by atoms with Crippen molar-refractivity contribution in [2.75, 3.05) is 24.6 Å². The van der Waals surface area contributed by atoms with E-state index in [9.17, 15) is 9.90 Å². The van der Waals surface area contributed by atoms with Crippen molar-refractivity contribution >= 4 is 11.8 Å². The van der Waals surface area contributed by atoms with Crippen LogP contribution in [0.15, 0.2) is 12.4 Å². The number of aromatic nitrogens is 2. The molecule has 6 heteroatoms. The van der Waals surface area contributed by atoms with Crippen molar-refractivity contribution in [3.63, 3.8) is 0 Å². The molecule has 0 bridgehead atoms. The second-order valence-electron chi connectivity index (χ2n) is 5.77. The van der Waals surface area contributed by atoms with Crippen molar-refractivity contribution < 1.29 is 15.0 Å². The van der Waals surface area contributed by atoms with Crippen molar-refractivity contribution in [2.24, 2.45) is 11.3 Å². The van der Waals surface area contributed by atoms with Gasteiger partial charge in [0.25, 0.3) is 0 Å².